The van der Waals surface area contributed by atoms with Gasteiger partial charge in [-0.15, -0.1) is 0 Å². The maximum absolute atomic E-state index is 11.7. The Bertz CT molecular complexity index is 660. The fourth-order valence-electron chi connectivity index (χ4n) is 2.53. The lowest BCUT2D eigenvalue weighted by Crippen LogP contribution is -2.41. The largest absolute Gasteiger partial charge is 0.336 e. The van der Waals surface area contributed by atoms with Gasteiger partial charge in [0.1, 0.15) is 5.65 Å². The van der Waals surface area contributed by atoms with E-state index in [9.17, 15) is 9.59 Å². The maximum atomic E-state index is 11.7. The number of nitrogens with one attached hydrogen (secondary N) is 1. The third-order valence-corrected chi connectivity index (χ3v) is 3.60. The topological polar surface area (TPSA) is 64.0 Å². The van der Waals surface area contributed by atoms with Crippen molar-refractivity contribution in [1.29, 1.82) is 0 Å². The highest BCUT2D eigenvalue weighted by Gasteiger charge is 2.26. The van der Waals surface area contributed by atoms with E-state index >= 15 is 0 Å². The second-order valence-corrected chi connectivity index (χ2v) is 5.04. The highest BCUT2D eigenvalue weighted by molar-refractivity contribution is 5.98. The predicted octanol–water partition coefficient (Wildman–Crippen LogP) is 1.17. The summed E-state index contributed by atoms with van der Waals surface area (Å²) in [5.41, 5.74) is 1.97. The van der Waals surface area contributed by atoms with Crippen LogP contribution in [0.15, 0.2) is 24.5 Å². The molecule has 1 unspecified atom stereocenters. The molecule has 19 heavy (non-hydrogen) atoms. The SMILES string of the molecule is Cn1ccc2cc(CC3CCC(=O)NC3=O)cnc21. The standard InChI is InChI=1S/C14H15N3O2/c1-17-5-4-10-6-9(8-15-13(10)17)7-11-2-3-12(18)16-14(11)19/h4-6,8,11H,2-3,7H2,1H3,(H,16,18,19). The molecule has 2 amide bonds. The summed E-state index contributed by atoms with van der Waals surface area (Å²) in [7, 11) is 1.95. The first-order chi connectivity index (χ1) is 9.13. The summed E-state index contributed by atoms with van der Waals surface area (Å²) in [6.45, 7) is 0. The van der Waals surface area contributed by atoms with Crippen molar-refractivity contribution in [3.05, 3.63) is 30.1 Å². The van der Waals surface area contributed by atoms with Gasteiger partial charge in [-0.2, -0.15) is 0 Å². The average molecular weight is 257 g/mol. The molecule has 0 bridgehead atoms. The first-order valence-electron chi connectivity index (χ1n) is 6.37. The van der Waals surface area contributed by atoms with Gasteiger partial charge in [0.25, 0.3) is 0 Å². The number of hydrogen-bond donors (Lipinski definition) is 1. The zero-order valence-electron chi connectivity index (χ0n) is 10.7. The van der Waals surface area contributed by atoms with Crippen LogP contribution in [0.25, 0.3) is 11.0 Å². The van der Waals surface area contributed by atoms with Crippen LogP contribution in [0, 0.1) is 5.92 Å². The molecule has 1 aliphatic rings. The molecule has 5 nitrogen and oxygen atoms in total. The Kier molecular flexibility index (Phi) is 2.81. The summed E-state index contributed by atoms with van der Waals surface area (Å²) in [5, 5.41) is 3.46. The van der Waals surface area contributed by atoms with Gasteiger partial charge < -0.3 is 4.57 Å². The van der Waals surface area contributed by atoms with Gasteiger partial charge in [-0.1, -0.05) is 0 Å². The van der Waals surface area contributed by atoms with Crippen molar-refractivity contribution in [2.75, 3.05) is 0 Å². The van der Waals surface area contributed by atoms with Gasteiger partial charge in [0.2, 0.25) is 11.8 Å². The number of piperidine rings is 1. The summed E-state index contributed by atoms with van der Waals surface area (Å²) in [5.74, 6) is -0.456. The number of carbonyl (C=O) groups is 2. The molecule has 0 saturated carbocycles. The Balaban J connectivity index is 1.81. The Morgan fingerprint density at radius 1 is 1.47 bits per heavy atom. The lowest BCUT2D eigenvalue weighted by molar-refractivity contribution is -0.136. The van der Waals surface area contributed by atoms with Gasteiger partial charge in [0, 0.05) is 37.2 Å². The Labute approximate surface area is 110 Å². The van der Waals surface area contributed by atoms with Gasteiger partial charge in [0.15, 0.2) is 0 Å². The monoisotopic (exact) mass is 257 g/mol. The molecule has 3 rings (SSSR count). The number of fused-ring (bicyclic) bond motifs is 1. The first-order valence-corrected chi connectivity index (χ1v) is 6.37. The number of aryl methyl sites for hydroxylation is 1. The van der Waals surface area contributed by atoms with Crippen LogP contribution in [0.5, 0.6) is 0 Å². The van der Waals surface area contributed by atoms with Crippen LogP contribution < -0.4 is 5.32 Å². The summed E-state index contributed by atoms with van der Waals surface area (Å²) in [6.07, 6.45) is 5.46. The van der Waals surface area contributed by atoms with Crippen LogP contribution in [0.1, 0.15) is 18.4 Å². The Morgan fingerprint density at radius 2 is 2.32 bits per heavy atom. The van der Waals surface area contributed by atoms with Crippen LogP contribution in [-0.2, 0) is 23.1 Å². The highest BCUT2D eigenvalue weighted by Crippen LogP contribution is 2.20. The number of aromatic nitrogens is 2. The van der Waals surface area contributed by atoms with Crippen molar-refractivity contribution in [3.63, 3.8) is 0 Å². The molecular weight excluding hydrogens is 242 g/mol. The zero-order valence-corrected chi connectivity index (χ0v) is 10.7. The minimum Gasteiger partial charge on any atom is -0.336 e. The van der Waals surface area contributed by atoms with Crippen molar-refractivity contribution in [2.24, 2.45) is 13.0 Å². The number of pyridine rings is 1. The Hall–Kier alpha value is -2.17. The van der Waals surface area contributed by atoms with Crippen molar-refractivity contribution < 1.29 is 9.59 Å². The molecule has 0 radical (unpaired) electrons. The second-order valence-electron chi connectivity index (χ2n) is 5.04. The van der Waals surface area contributed by atoms with Crippen LogP contribution in [-0.4, -0.2) is 21.4 Å². The van der Waals surface area contributed by atoms with Crippen LogP contribution in [0.3, 0.4) is 0 Å². The highest BCUT2D eigenvalue weighted by atomic mass is 16.2. The fraction of sp³-hybridized carbons (Fsp3) is 0.357. The minimum absolute atomic E-state index is 0.124. The smallest absolute Gasteiger partial charge is 0.230 e. The Morgan fingerprint density at radius 3 is 3.11 bits per heavy atom. The van der Waals surface area contributed by atoms with Crippen LogP contribution in [0.2, 0.25) is 0 Å². The number of rotatable bonds is 2. The summed E-state index contributed by atoms with van der Waals surface area (Å²) in [6, 6.07) is 4.07. The summed E-state index contributed by atoms with van der Waals surface area (Å²) >= 11 is 0. The number of imide groups is 1. The van der Waals surface area contributed by atoms with E-state index in [1.807, 2.05) is 30.1 Å². The number of hydrogen-bond acceptors (Lipinski definition) is 3. The van der Waals surface area contributed by atoms with E-state index in [-0.39, 0.29) is 17.7 Å². The van der Waals surface area contributed by atoms with E-state index in [0.717, 1.165) is 16.6 Å². The van der Waals surface area contributed by atoms with Gasteiger partial charge in [0.05, 0.1) is 0 Å². The molecule has 2 aromatic rings. The first kappa shape index (κ1) is 11.9. The third kappa shape index (κ3) is 2.23. The lowest BCUT2D eigenvalue weighted by Gasteiger charge is -2.20. The predicted molar refractivity (Wildman–Crippen MR) is 70.3 cm³/mol. The quantitative estimate of drug-likeness (QED) is 0.821. The lowest BCUT2D eigenvalue weighted by atomic mass is 9.92. The van der Waals surface area contributed by atoms with Gasteiger partial charge in [-0.25, -0.2) is 4.98 Å². The summed E-state index contributed by atoms with van der Waals surface area (Å²) in [4.78, 5) is 27.2. The maximum Gasteiger partial charge on any atom is 0.230 e. The van der Waals surface area contributed by atoms with Gasteiger partial charge >= 0.3 is 0 Å². The molecule has 98 valence electrons. The molecule has 1 aliphatic heterocycles. The molecule has 5 heteroatoms. The average Bonchev–Trinajstić information content (AvgIpc) is 2.74. The second kappa shape index (κ2) is 4.50. The molecule has 0 aliphatic carbocycles. The third-order valence-electron chi connectivity index (χ3n) is 3.60. The zero-order chi connectivity index (χ0) is 13.4. The van der Waals surface area contributed by atoms with E-state index in [0.29, 0.717) is 19.3 Å². The van der Waals surface area contributed by atoms with Crippen molar-refractivity contribution >= 4 is 22.8 Å². The molecule has 1 fully saturated rings. The normalized spacial score (nSPS) is 19.7. The van der Waals surface area contributed by atoms with E-state index < -0.39 is 0 Å². The molecule has 2 aromatic heterocycles. The van der Waals surface area contributed by atoms with E-state index in [1.165, 1.54) is 0 Å². The molecule has 0 aromatic carbocycles. The van der Waals surface area contributed by atoms with E-state index in [1.54, 1.807) is 0 Å². The van der Waals surface area contributed by atoms with Crippen LogP contribution >= 0.6 is 0 Å². The van der Waals surface area contributed by atoms with E-state index in [2.05, 4.69) is 16.4 Å². The molecular formula is C14H15N3O2. The van der Waals surface area contributed by atoms with Crippen molar-refractivity contribution in [1.82, 2.24) is 14.9 Å². The molecule has 1 atom stereocenters. The van der Waals surface area contributed by atoms with Crippen LogP contribution in [0.4, 0.5) is 0 Å². The minimum atomic E-state index is -0.169. The summed E-state index contributed by atoms with van der Waals surface area (Å²) < 4.78 is 1.96. The fourth-order valence-corrected chi connectivity index (χ4v) is 2.53. The van der Waals surface area contributed by atoms with Gasteiger partial charge in [-0.05, 0) is 30.5 Å². The van der Waals surface area contributed by atoms with Crippen molar-refractivity contribution in [2.45, 2.75) is 19.3 Å². The molecule has 3 heterocycles. The van der Waals surface area contributed by atoms with E-state index in [4.69, 9.17) is 0 Å². The number of carbonyl (C=O) groups excluding carboxylic acids is 2. The molecule has 1 saturated heterocycles. The number of amides is 2. The molecule has 0 spiro atoms. The van der Waals surface area contributed by atoms with Crippen molar-refractivity contribution in [3.8, 4) is 0 Å². The number of nitrogens with zero attached hydrogens (tertiary/aromatic N) is 2. The van der Waals surface area contributed by atoms with Gasteiger partial charge in [-0.3, -0.25) is 14.9 Å². The molecule has 1 N–H and O–H groups in total.